The van der Waals surface area contributed by atoms with Gasteiger partial charge in [-0.15, -0.1) is 11.3 Å². The second-order valence-electron chi connectivity index (χ2n) is 8.34. The monoisotopic (exact) mass is 445 g/mol. The van der Waals surface area contributed by atoms with E-state index in [-0.39, 0.29) is 30.6 Å². The third-order valence-corrected chi connectivity index (χ3v) is 6.64. The SMILES string of the molecule is CCOC(=O)c1c(NC(=O)c2ccc(OC)cc2)sc2c1CC(C(C)C)OC2C(C)C. The van der Waals surface area contributed by atoms with Crippen LogP contribution in [0.2, 0.25) is 0 Å². The topological polar surface area (TPSA) is 73.9 Å². The van der Waals surface area contributed by atoms with Crippen molar-refractivity contribution in [1.82, 2.24) is 0 Å². The number of rotatable bonds is 7. The zero-order valence-electron chi connectivity index (χ0n) is 19.0. The average molecular weight is 446 g/mol. The van der Waals surface area contributed by atoms with E-state index in [4.69, 9.17) is 14.2 Å². The van der Waals surface area contributed by atoms with Crippen LogP contribution in [-0.2, 0) is 15.9 Å². The molecule has 1 N–H and O–H groups in total. The molecule has 1 aromatic heterocycles. The predicted octanol–water partition coefficient (Wildman–Crippen LogP) is 5.48. The molecule has 2 unspecified atom stereocenters. The Balaban J connectivity index is 2.02. The maximum absolute atomic E-state index is 12.9. The molecular formula is C24H31NO5S. The summed E-state index contributed by atoms with van der Waals surface area (Å²) < 4.78 is 16.9. The summed E-state index contributed by atoms with van der Waals surface area (Å²) in [5, 5.41) is 3.46. The standard InChI is InChI=1S/C24H31NO5S/c1-7-29-24(27)19-17-12-18(13(2)3)30-20(14(4)5)21(17)31-23(19)25-22(26)15-8-10-16(28-6)11-9-15/h8-11,13-14,18,20H,7,12H2,1-6H3,(H,25,26). The number of esters is 1. The third kappa shape index (κ3) is 4.93. The number of thiophene rings is 1. The van der Waals surface area contributed by atoms with E-state index in [0.29, 0.717) is 34.2 Å². The first-order valence-corrected chi connectivity index (χ1v) is 11.5. The van der Waals surface area contributed by atoms with E-state index in [9.17, 15) is 9.59 Å². The van der Waals surface area contributed by atoms with E-state index in [1.165, 1.54) is 11.3 Å². The molecule has 0 spiro atoms. The van der Waals surface area contributed by atoms with Crippen molar-refractivity contribution in [3.63, 3.8) is 0 Å². The molecule has 0 bridgehead atoms. The Morgan fingerprint density at radius 2 is 1.84 bits per heavy atom. The second kappa shape index (κ2) is 9.83. The Morgan fingerprint density at radius 1 is 1.16 bits per heavy atom. The summed E-state index contributed by atoms with van der Waals surface area (Å²) in [5.74, 6) is 0.527. The number of carbonyl (C=O) groups excluding carboxylic acids is 2. The highest BCUT2D eigenvalue weighted by atomic mass is 32.1. The first-order valence-electron chi connectivity index (χ1n) is 10.7. The van der Waals surface area contributed by atoms with E-state index < -0.39 is 5.97 Å². The smallest absolute Gasteiger partial charge is 0.341 e. The molecule has 2 heterocycles. The number of ether oxygens (including phenoxy) is 3. The molecule has 0 saturated carbocycles. The van der Waals surface area contributed by atoms with Gasteiger partial charge in [0.05, 0.1) is 31.5 Å². The van der Waals surface area contributed by atoms with Gasteiger partial charge in [0.15, 0.2) is 0 Å². The van der Waals surface area contributed by atoms with Crippen LogP contribution < -0.4 is 10.1 Å². The van der Waals surface area contributed by atoms with Crippen LogP contribution in [0.1, 0.15) is 71.9 Å². The highest BCUT2D eigenvalue weighted by molar-refractivity contribution is 7.17. The Labute approximate surface area is 187 Å². The molecule has 0 saturated heterocycles. The summed E-state index contributed by atoms with van der Waals surface area (Å²) in [6.45, 7) is 10.5. The second-order valence-corrected chi connectivity index (χ2v) is 9.39. The van der Waals surface area contributed by atoms with Gasteiger partial charge in [0.2, 0.25) is 0 Å². The maximum atomic E-state index is 12.9. The molecule has 2 aromatic rings. The maximum Gasteiger partial charge on any atom is 0.341 e. The van der Waals surface area contributed by atoms with E-state index >= 15 is 0 Å². The van der Waals surface area contributed by atoms with Crippen LogP contribution in [0.25, 0.3) is 0 Å². The van der Waals surface area contributed by atoms with E-state index in [0.717, 1.165) is 10.4 Å². The minimum atomic E-state index is -0.406. The first kappa shape index (κ1) is 23.3. The predicted molar refractivity (Wildman–Crippen MR) is 122 cm³/mol. The van der Waals surface area contributed by atoms with E-state index in [1.807, 2.05) is 0 Å². The Bertz CT molecular complexity index is 932. The number of amides is 1. The molecule has 0 fully saturated rings. The summed E-state index contributed by atoms with van der Waals surface area (Å²) in [6.07, 6.45) is 0.507. The summed E-state index contributed by atoms with van der Waals surface area (Å²) in [5.41, 5.74) is 1.89. The molecule has 7 heteroatoms. The zero-order chi connectivity index (χ0) is 22.7. The average Bonchev–Trinajstić information content (AvgIpc) is 3.10. The number of carbonyl (C=O) groups is 2. The van der Waals surface area contributed by atoms with Gasteiger partial charge in [-0.3, -0.25) is 4.79 Å². The van der Waals surface area contributed by atoms with Gasteiger partial charge in [0.1, 0.15) is 10.8 Å². The minimum absolute atomic E-state index is 0.00724. The Kier molecular flexibility index (Phi) is 7.38. The molecule has 3 rings (SSSR count). The van der Waals surface area contributed by atoms with Crippen LogP contribution >= 0.6 is 11.3 Å². The van der Waals surface area contributed by atoms with Crippen molar-refractivity contribution < 1.29 is 23.8 Å². The minimum Gasteiger partial charge on any atom is -0.497 e. The van der Waals surface area contributed by atoms with Crippen molar-refractivity contribution in [2.75, 3.05) is 19.0 Å². The van der Waals surface area contributed by atoms with Gasteiger partial charge in [-0.25, -0.2) is 4.79 Å². The lowest BCUT2D eigenvalue weighted by Crippen LogP contribution is -2.32. The summed E-state index contributed by atoms with van der Waals surface area (Å²) in [6, 6.07) is 6.86. The van der Waals surface area contributed by atoms with Gasteiger partial charge in [0.25, 0.3) is 5.91 Å². The van der Waals surface area contributed by atoms with E-state index in [1.54, 1.807) is 38.3 Å². The molecule has 0 aliphatic carbocycles. The quantitative estimate of drug-likeness (QED) is 0.571. The Hall–Kier alpha value is -2.38. The zero-order valence-corrected chi connectivity index (χ0v) is 19.8. The highest BCUT2D eigenvalue weighted by Crippen LogP contribution is 2.46. The van der Waals surface area contributed by atoms with Crippen LogP contribution in [0.4, 0.5) is 5.00 Å². The Morgan fingerprint density at radius 3 is 2.39 bits per heavy atom. The van der Waals surface area contributed by atoms with Gasteiger partial charge >= 0.3 is 5.97 Å². The fourth-order valence-electron chi connectivity index (χ4n) is 3.69. The molecule has 1 aromatic carbocycles. The summed E-state index contributed by atoms with van der Waals surface area (Å²) in [4.78, 5) is 26.8. The molecule has 2 atom stereocenters. The number of benzene rings is 1. The molecule has 168 valence electrons. The summed E-state index contributed by atoms with van der Waals surface area (Å²) in [7, 11) is 1.58. The van der Waals surface area contributed by atoms with Crippen LogP contribution in [0.15, 0.2) is 24.3 Å². The largest absolute Gasteiger partial charge is 0.497 e. The highest BCUT2D eigenvalue weighted by Gasteiger charge is 2.38. The number of methoxy groups -OCH3 is 1. The number of anilines is 1. The fourth-order valence-corrected chi connectivity index (χ4v) is 5.12. The molecular weight excluding hydrogens is 414 g/mol. The van der Waals surface area contributed by atoms with Crippen LogP contribution in [0.5, 0.6) is 5.75 Å². The fraction of sp³-hybridized carbons (Fsp3) is 0.500. The lowest BCUT2D eigenvalue weighted by molar-refractivity contribution is -0.0671. The van der Waals surface area contributed by atoms with Crippen molar-refractivity contribution in [2.24, 2.45) is 11.8 Å². The van der Waals surface area contributed by atoms with Crippen molar-refractivity contribution >= 4 is 28.2 Å². The number of hydrogen-bond acceptors (Lipinski definition) is 6. The van der Waals surface area contributed by atoms with Crippen molar-refractivity contribution in [3.8, 4) is 5.75 Å². The van der Waals surface area contributed by atoms with Crippen molar-refractivity contribution in [1.29, 1.82) is 0 Å². The van der Waals surface area contributed by atoms with Crippen LogP contribution in [-0.4, -0.2) is 31.7 Å². The lowest BCUT2D eigenvalue weighted by atomic mass is 9.89. The van der Waals surface area contributed by atoms with Gasteiger partial charge in [-0.2, -0.15) is 0 Å². The molecule has 31 heavy (non-hydrogen) atoms. The molecule has 1 aliphatic rings. The summed E-state index contributed by atoms with van der Waals surface area (Å²) >= 11 is 1.41. The normalized spacial score (nSPS) is 18.1. The van der Waals surface area contributed by atoms with Gasteiger partial charge in [-0.05, 0) is 48.6 Å². The molecule has 1 aliphatic heterocycles. The molecule has 0 radical (unpaired) electrons. The van der Waals surface area contributed by atoms with E-state index in [2.05, 4.69) is 33.0 Å². The van der Waals surface area contributed by atoms with Crippen LogP contribution in [0.3, 0.4) is 0 Å². The number of nitrogens with one attached hydrogen (secondary N) is 1. The van der Waals surface area contributed by atoms with Crippen molar-refractivity contribution in [3.05, 3.63) is 45.8 Å². The van der Waals surface area contributed by atoms with Crippen molar-refractivity contribution in [2.45, 2.75) is 53.2 Å². The van der Waals surface area contributed by atoms with Gasteiger partial charge in [-0.1, -0.05) is 27.7 Å². The van der Waals surface area contributed by atoms with Crippen LogP contribution in [0, 0.1) is 11.8 Å². The molecule has 1 amide bonds. The third-order valence-electron chi connectivity index (χ3n) is 5.43. The van der Waals surface area contributed by atoms with Gasteiger partial charge < -0.3 is 19.5 Å². The first-order chi connectivity index (χ1) is 14.8. The number of fused-ring (bicyclic) bond motifs is 1. The van der Waals surface area contributed by atoms with Gasteiger partial charge in [0, 0.05) is 16.9 Å². The molecule has 6 nitrogen and oxygen atoms in total. The lowest BCUT2D eigenvalue weighted by Gasteiger charge is -2.34. The number of hydrogen-bond donors (Lipinski definition) is 1.